The van der Waals surface area contributed by atoms with Gasteiger partial charge in [-0.25, -0.2) is 0 Å². The van der Waals surface area contributed by atoms with Gasteiger partial charge in [-0.2, -0.15) is 0 Å². The fourth-order valence-electron chi connectivity index (χ4n) is 2.26. The van der Waals surface area contributed by atoms with E-state index in [-0.39, 0.29) is 0 Å². The van der Waals surface area contributed by atoms with Crippen molar-refractivity contribution in [1.82, 2.24) is 4.57 Å². The Bertz CT molecular complexity index is 565. The number of hydrogen-bond acceptors (Lipinski definition) is 2. The second kappa shape index (κ2) is 3.77. The lowest BCUT2D eigenvalue weighted by Crippen LogP contribution is -1.99. The van der Waals surface area contributed by atoms with Gasteiger partial charge < -0.3 is 8.98 Å². The van der Waals surface area contributed by atoms with Crippen LogP contribution in [-0.2, 0) is 0 Å². The molecular weight excluding hydrogens is 238 g/mol. The molecule has 0 spiro atoms. The molecule has 0 bridgehead atoms. The molecule has 1 saturated carbocycles. The van der Waals surface area contributed by atoms with E-state index < -0.39 is 0 Å². The topological polar surface area (TPSA) is 35.1 Å². The highest BCUT2D eigenvalue weighted by Gasteiger charge is 2.32. The van der Waals surface area contributed by atoms with Crippen LogP contribution in [0.4, 0.5) is 0 Å². The molecule has 0 unspecified atom stereocenters. The van der Waals surface area contributed by atoms with Crippen LogP contribution in [-0.4, -0.2) is 10.9 Å². The molecule has 1 aliphatic rings. The summed E-state index contributed by atoms with van der Waals surface area (Å²) in [5.74, 6) is 0.720. The summed E-state index contributed by atoms with van der Waals surface area (Å²) in [5.41, 5.74) is 2.34. The largest absolute Gasteiger partial charge is 0.463 e. The molecule has 0 amide bonds. The van der Waals surface area contributed by atoms with Gasteiger partial charge in [0, 0.05) is 11.7 Å². The molecule has 3 nitrogen and oxygen atoms in total. The molecule has 0 radical (unpaired) electrons. The summed E-state index contributed by atoms with van der Waals surface area (Å²) in [6, 6.07) is 4.15. The predicted octanol–water partition coefficient (Wildman–Crippen LogP) is 3.86. The van der Waals surface area contributed by atoms with E-state index in [0.717, 1.165) is 36.3 Å². The number of hydrogen-bond donors (Lipinski definition) is 0. The van der Waals surface area contributed by atoms with Crippen LogP contribution >= 0.6 is 11.6 Å². The van der Waals surface area contributed by atoms with Gasteiger partial charge in [-0.1, -0.05) is 11.6 Å². The number of carbonyl (C=O) groups excluding carboxylic acids is 1. The summed E-state index contributed by atoms with van der Waals surface area (Å²) in [6.45, 7) is 1.93. The van der Waals surface area contributed by atoms with Gasteiger partial charge in [-0.05, 0) is 31.9 Å². The molecule has 2 aromatic rings. The van der Waals surface area contributed by atoms with Crippen molar-refractivity contribution in [3.05, 3.63) is 34.7 Å². The number of aldehydes is 1. The normalized spacial score (nSPS) is 15.2. The first-order chi connectivity index (χ1) is 8.24. The van der Waals surface area contributed by atoms with Gasteiger partial charge in [0.25, 0.3) is 0 Å². The van der Waals surface area contributed by atoms with E-state index in [1.165, 1.54) is 0 Å². The van der Waals surface area contributed by atoms with Crippen LogP contribution in [0.15, 0.2) is 22.8 Å². The Morgan fingerprint density at radius 2 is 2.29 bits per heavy atom. The quantitative estimate of drug-likeness (QED) is 0.775. The molecule has 2 aromatic heterocycles. The average Bonchev–Trinajstić information content (AvgIpc) is 2.93. The molecule has 0 N–H and O–H groups in total. The predicted molar refractivity (Wildman–Crippen MR) is 65.5 cm³/mol. The summed E-state index contributed by atoms with van der Waals surface area (Å²) in [7, 11) is 0. The van der Waals surface area contributed by atoms with Crippen LogP contribution in [0.25, 0.3) is 11.5 Å². The lowest BCUT2D eigenvalue weighted by molar-refractivity contribution is 0.112. The van der Waals surface area contributed by atoms with Gasteiger partial charge in [0.1, 0.15) is 5.69 Å². The second-order valence-corrected chi connectivity index (χ2v) is 4.74. The Kier molecular flexibility index (Phi) is 2.37. The SMILES string of the molecule is Cc1c(C=O)c(Cl)c(-c2ccco2)n1C1CC1. The average molecular weight is 250 g/mol. The van der Waals surface area contributed by atoms with Crippen molar-refractivity contribution in [3.8, 4) is 11.5 Å². The van der Waals surface area contributed by atoms with E-state index in [9.17, 15) is 4.79 Å². The fraction of sp³-hybridized carbons (Fsp3) is 0.308. The molecule has 2 heterocycles. The molecule has 0 atom stereocenters. The van der Waals surface area contributed by atoms with Crippen molar-refractivity contribution in [3.63, 3.8) is 0 Å². The van der Waals surface area contributed by atoms with E-state index in [0.29, 0.717) is 16.6 Å². The minimum absolute atomic E-state index is 0.460. The molecule has 4 heteroatoms. The van der Waals surface area contributed by atoms with Crippen molar-refractivity contribution in [2.45, 2.75) is 25.8 Å². The highest BCUT2D eigenvalue weighted by molar-refractivity contribution is 6.35. The smallest absolute Gasteiger partial charge is 0.153 e. The summed E-state index contributed by atoms with van der Waals surface area (Å²) in [4.78, 5) is 11.1. The number of rotatable bonds is 3. The van der Waals surface area contributed by atoms with Crippen molar-refractivity contribution in [2.24, 2.45) is 0 Å². The van der Waals surface area contributed by atoms with Gasteiger partial charge in [-0.15, -0.1) is 0 Å². The maximum Gasteiger partial charge on any atom is 0.153 e. The van der Waals surface area contributed by atoms with Crippen LogP contribution < -0.4 is 0 Å². The third-order valence-electron chi connectivity index (χ3n) is 3.22. The van der Waals surface area contributed by atoms with E-state index in [4.69, 9.17) is 16.0 Å². The Labute approximate surface area is 104 Å². The van der Waals surface area contributed by atoms with Crippen molar-refractivity contribution in [1.29, 1.82) is 0 Å². The van der Waals surface area contributed by atoms with Crippen LogP contribution in [0.3, 0.4) is 0 Å². The van der Waals surface area contributed by atoms with E-state index >= 15 is 0 Å². The zero-order chi connectivity index (χ0) is 12.0. The molecular formula is C13H12ClNO2. The monoisotopic (exact) mass is 249 g/mol. The first-order valence-electron chi connectivity index (χ1n) is 5.63. The molecule has 1 aliphatic carbocycles. The van der Waals surface area contributed by atoms with Crippen molar-refractivity contribution in [2.75, 3.05) is 0 Å². The van der Waals surface area contributed by atoms with E-state index in [1.54, 1.807) is 6.26 Å². The third-order valence-corrected chi connectivity index (χ3v) is 3.60. The standard InChI is InChI=1S/C13H12ClNO2/c1-8-10(7-16)12(14)13(11-3-2-6-17-11)15(8)9-4-5-9/h2-3,6-7,9H,4-5H2,1H3. The zero-order valence-corrected chi connectivity index (χ0v) is 10.2. The van der Waals surface area contributed by atoms with Crippen LogP contribution in [0.5, 0.6) is 0 Å². The maximum absolute atomic E-state index is 11.1. The third kappa shape index (κ3) is 1.53. The van der Waals surface area contributed by atoms with Gasteiger partial charge >= 0.3 is 0 Å². The fourth-order valence-corrected chi connectivity index (χ4v) is 2.62. The Hall–Kier alpha value is -1.48. The number of nitrogens with zero attached hydrogens (tertiary/aromatic N) is 1. The number of halogens is 1. The van der Waals surface area contributed by atoms with Gasteiger partial charge in [0.05, 0.1) is 16.8 Å². The summed E-state index contributed by atoms with van der Waals surface area (Å²) in [5, 5.41) is 0.499. The molecule has 0 aromatic carbocycles. The molecule has 0 aliphatic heterocycles. The van der Waals surface area contributed by atoms with Crippen LogP contribution in [0.2, 0.25) is 5.02 Å². The van der Waals surface area contributed by atoms with Crippen molar-refractivity contribution >= 4 is 17.9 Å². The van der Waals surface area contributed by atoms with Gasteiger partial charge in [-0.3, -0.25) is 4.79 Å². The Morgan fingerprint density at radius 3 is 2.82 bits per heavy atom. The Balaban J connectivity index is 2.28. The maximum atomic E-state index is 11.1. The Morgan fingerprint density at radius 1 is 1.53 bits per heavy atom. The molecule has 1 fully saturated rings. The second-order valence-electron chi connectivity index (χ2n) is 4.36. The summed E-state index contributed by atoms with van der Waals surface area (Å²) in [6.07, 6.45) is 4.71. The molecule has 88 valence electrons. The van der Waals surface area contributed by atoms with E-state index in [2.05, 4.69) is 4.57 Å². The zero-order valence-electron chi connectivity index (χ0n) is 9.44. The minimum atomic E-state index is 0.460. The highest BCUT2D eigenvalue weighted by atomic mass is 35.5. The van der Waals surface area contributed by atoms with Gasteiger partial charge in [0.15, 0.2) is 12.0 Å². The lowest BCUT2D eigenvalue weighted by Gasteiger charge is -2.08. The number of furan rings is 1. The summed E-state index contributed by atoms with van der Waals surface area (Å²) < 4.78 is 7.54. The van der Waals surface area contributed by atoms with Gasteiger partial charge in [0.2, 0.25) is 0 Å². The molecule has 0 saturated heterocycles. The molecule has 17 heavy (non-hydrogen) atoms. The van der Waals surface area contributed by atoms with E-state index in [1.807, 2.05) is 19.1 Å². The summed E-state index contributed by atoms with van der Waals surface area (Å²) >= 11 is 6.29. The van der Waals surface area contributed by atoms with Crippen LogP contribution in [0, 0.1) is 6.92 Å². The highest BCUT2D eigenvalue weighted by Crippen LogP contribution is 2.44. The van der Waals surface area contributed by atoms with Crippen LogP contribution in [0.1, 0.15) is 34.9 Å². The van der Waals surface area contributed by atoms with Crippen molar-refractivity contribution < 1.29 is 9.21 Å². The first-order valence-corrected chi connectivity index (χ1v) is 6.01. The number of aromatic nitrogens is 1. The first kappa shape index (κ1) is 10.7. The minimum Gasteiger partial charge on any atom is -0.463 e. The lowest BCUT2D eigenvalue weighted by atomic mass is 10.2. The molecule has 3 rings (SSSR count). The number of carbonyl (C=O) groups is 1.